The van der Waals surface area contributed by atoms with Crippen LogP contribution >= 0.6 is 11.3 Å². The van der Waals surface area contributed by atoms with E-state index in [2.05, 4.69) is 10.6 Å². The summed E-state index contributed by atoms with van der Waals surface area (Å²) in [6.45, 7) is 2.26. The van der Waals surface area contributed by atoms with Crippen LogP contribution in [0.15, 0.2) is 24.3 Å². The highest BCUT2D eigenvalue weighted by Gasteiger charge is 2.26. The lowest BCUT2D eigenvalue weighted by Gasteiger charge is -2.14. The number of fused-ring (bicyclic) bond motifs is 1. The lowest BCUT2D eigenvalue weighted by atomic mass is 9.95. The minimum absolute atomic E-state index is 0.0986. The largest absolute Gasteiger partial charge is 0.322 e. The lowest BCUT2D eigenvalue weighted by Crippen LogP contribution is -2.27. The summed E-state index contributed by atoms with van der Waals surface area (Å²) in [6, 6.07) is 7.73. The molecule has 1 aliphatic carbocycles. The van der Waals surface area contributed by atoms with E-state index in [0.29, 0.717) is 17.1 Å². The minimum Gasteiger partial charge on any atom is -0.322 e. The molecule has 6 heteroatoms. The number of rotatable bonds is 5. The first-order chi connectivity index (χ1) is 12.5. The number of anilines is 2. The fraction of sp³-hybridized carbons (Fsp3) is 0.400. The number of nitrogens with zero attached hydrogens (tertiary/aromatic N) is 1. The van der Waals surface area contributed by atoms with Crippen molar-refractivity contribution in [1.82, 2.24) is 4.90 Å². The summed E-state index contributed by atoms with van der Waals surface area (Å²) in [7, 11) is 3.70. The molecular weight excluding hydrogens is 346 g/mol. The summed E-state index contributed by atoms with van der Waals surface area (Å²) in [5, 5.41) is 6.66. The van der Waals surface area contributed by atoms with Crippen molar-refractivity contribution in [3.05, 3.63) is 45.8 Å². The van der Waals surface area contributed by atoms with Crippen molar-refractivity contribution in [1.29, 1.82) is 0 Å². The van der Waals surface area contributed by atoms with Crippen LogP contribution in [0.4, 0.5) is 10.7 Å². The quantitative estimate of drug-likeness (QED) is 0.843. The number of thiophene rings is 1. The van der Waals surface area contributed by atoms with Gasteiger partial charge < -0.3 is 15.5 Å². The minimum atomic E-state index is -0.140. The first kappa shape index (κ1) is 18.6. The lowest BCUT2D eigenvalue weighted by molar-refractivity contribution is -0.116. The number of benzene rings is 1. The van der Waals surface area contributed by atoms with Crippen molar-refractivity contribution >= 4 is 33.8 Å². The Kier molecular flexibility index (Phi) is 5.74. The van der Waals surface area contributed by atoms with Gasteiger partial charge in [0.1, 0.15) is 5.00 Å². The van der Waals surface area contributed by atoms with Gasteiger partial charge in [0.2, 0.25) is 5.91 Å². The molecule has 2 aromatic rings. The maximum atomic E-state index is 13.1. The average Bonchev–Trinajstić information content (AvgIpc) is 2.93. The number of hydrogen-bond acceptors (Lipinski definition) is 4. The van der Waals surface area contributed by atoms with Crippen molar-refractivity contribution in [2.75, 3.05) is 31.3 Å². The molecule has 0 radical (unpaired) electrons. The van der Waals surface area contributed by atoms with Crippen molar-refractivity contribution in [3.8, 4) is 0 Å². The molecule has 0 saturated heterocycles. The molecular formula is C20H25N3O2S. The molecule has 0 saturated carbocycles. The molecule has 138 valence electrons. The number of carbonyl (C=O) groups excluding carboxylic acids is 2. The first-order valence-electron chi connectivity index (χ1n) is 8.92. The monoisotopic (exact) mass is 371 g/mol. The van der Waals surface area contributed by atoms with Crippen molar-refractivity contribution in [3.63, 3.8) is 0 Å². The van der Waals surface area contributed by atoms with Gasteiger partial charge in [0.15, 0.2) is 0 Å². The van der Waals surface area contributed by atoms with Crippen molar-refractivity contribution in [2.24, 2.45) is 0 Å². The predicted molar refractivity (Wildman–Crippen MR) is 107 cm³/mol. The van der Waals surface area contributed by atoms with Crippen LogP contribution in [0.2, 0.25) is 0 Å². The predicted octanol–water partition coefficient (Wildman–Crippen LogP) is 3.69. The highest BCUT2D eigenvalue weighted by molar-refractivity contribution is 7.17. The third-order valence-electron chi connectivity index (χ3n) is 4.50. The summed E-state index contributed by atoms with van der Waals surface area (Å²) in [5.41, 5.74) is 3.56. The molecule has 0 aliphatic heterocycles. The van der Waals surface area contributed by atoms with E-state index in [1.807, 2.05) is 50.2 Å². The normalized spacial score (nSPS) is 13.4. The summed E-state index contributed by atoms with van der Waals surface area (Å²) in [4.78, 5) is 28.3. The molecule has 5 nitrogen and oxygen atoms in total. The van der Waals surface area contributed by atoms with Crippen molar-refractivity contribution in [2.45, 2.75) is 32.6 Å². The SMILES string of the molecule is Cc1ccccc1NC(=O)c1c(NC(=O)CN(C)C)sc2c1CCCC2. The van der Waals surface area contributed by atoms with E-state index in [-0.39, 0.29) is 11.8 Å². The Hall–Kier alpha value is -2.18. The smallest absolute Gasteiger partial charge is 0.258 e. The van der Waals surface area contributed by atoms with Gasteiger partial charge in [-0.15, -0.1) is 11.3 Å². The topological polar surface area (TPSA) is 61.4 Å². The summed E-state index contributed by atoms with van der Waals surface area (Å²) < 4.78 is 0. The van der Waals surface area contributed by atoms with E-state index in [1.165, 1.54) is 4.88 Å². The Labute approximate surface area is 158 Å². The van der Waals surface area contributed by atoms with Crippen LogP contribution in [0.1, 0.15) is 39.2 Å². The maximum absolute atomic E-state index is 13.1. The zero-order valence-electron chi connectivity index (χ0n) is 15.5. The molecule has 0 fully saturated rings. The molecule has 2 amide bonds. The number of nitrogens with one attached hydrogen (secondary N) is 2. The number of aryl methyl sites for hydroxylation is 2. The fourth-order valence-corrected chi connectivity index (χ4v) is 4.55. The third-order valence-corrected chi connectivity index (χ3v) is 5.71. The number of para-hydroxylation sites is 1. The van der Waals surface area contributed by atoms with Crippen LogP contribution in [0.5, 0.6) is 0 Å². The number of carbonyl (C=O) groups is 2. The van der Waals surface area contributed by atoms with Gasteiger partial charge in [-0.25, -0.2) is 0 Å². The molecule has 1 heterocycles. The second kappa shape index (κ2) is 8.01. The zero-order chi connectivity index (χ0) is 18.7. The number of amides is 2. The van der Waals surface area contributed by atoms with E-state index in [1.54, 1.807) is 11.3 Å². The average molecular weight is 372 g/mol. The molecule has 0 bridgehead atoms. The van der Waals surface area contributed by atoms with Crippen LogP contribution in [0.3, 0.4) is 0 Å². The van der Waals surface area contributed by atoms with Crippen LogP contribution in [-0.4, -0.2) is 37.4 Å². The maximum Gasteiger partial charge on any atom is 0.258 e. The number of hydrogen-bond donors (Lipinski definition) is 2. The summed E-state index contributed by atoms with van der Waals surface area (Å²) >= 11 is 1.55. The summed E-state index contributed by atoms with van der Waals surface area (Å²) in [6.07, 6.45) is 4.09. The Morgan fingerprint density at radius 3 is 2.58 bits per heavy atom. The Bertz CT molecular complexity index is 826. The van der Waals surface area contributed by atoms with Gasteiger partial charge in [-0.3, -0.25) is 9.59 Å². The Morgan fingerprint density at radius 1 is 1.12 bits per heavy atom. The van der Waals surface area contributed by atoms with Crippen LogP contribution in [0, 0.1) is 6.92 Å². The fourth-order valence-electron chi connectivity index (χ4n) is 3.25. The summed E-state index contributed by atoms with van der Waals surface area (Å²) in [5.74, 6) is -0.239. The molecule has 26 heavy (non-hydrogen) atoms. The van der Waals surface area contributed by atoms with E-state index < -0.39 is 0 Å². The van der Waals surface area contributed by atoms with E-state index in [0.717, 1.165) is 42.5 Å². The third kappa shape index (κ3) is 4.14. The van der Waals surface area contributed by atoms with E-state index in [4.69, 9.17) is 0 Å². The van der Waals surface area contributed by atoms with Gasteiger partial charge in [-0.1, -0.05) is 18.2 Å². The molecule has 1 aromatic heterocycles. The van der Waals surface area contributed by atoms with Crippen LogP contribution in [0.25, 0.3) is 0 Å². The molecule has 1 aromatic carbocycles. The second-order valence-corrected chi connectivity index (χ2v) is 8.08. The van der Waals surface area contributed by atoms with Gasteiger partial charge >= 0.3 is 0 Å². The zero-order valence-corrected chi connectivity index (χ0v) is 16.3. The second-order valence-electron chi connectivity index (χ2n) is 6.97. The van der Waals surface area contributed by atoms with Gasteiger partial charge in [0, 0.05) is 10.6 Å². The highest BCUT2D eigenvalue weighted by Crippen LogP contribution is 2.38. The molecule has 3 rings (SSSR count). The molecule has 0 unspecified atom stereocenters. The molecule has 0 spiro atoms. The molecule has 0 atom stereocenters. The van der Waals surface area contributed by atoms with E-state index in [9.17, 15) is 9.59 Å². The Morgan fingerprint density at radius 2 is 1.85 bits per heavy atom. The van der Waals surface area contributed by atoms with Crippen LogP contribution < -0.4 is 10.6 Å². The van der Waals surface area contributed by atoms with E-state index >= 15 is 0 Å². The standard InChI is InChI=1S/C20H25N3O2S/c1-13-8-4-6-10-15(13)21-19(25)18-14-9-5-7-11-16(14)26-20(18)22-17(24)12-23(2)3/h4,6,8,10H,5,7,9,11-12H2,1-3H3,(H,21,25)(H,22,24). The van der Waals surface area contributed by atoms with Crippen molar-refractivity contribution < 1.29 is 9.59 Å². The highest BCUT2D eigenvalue weighted by atomic mass is 32.1. The number of likely N-dealkylation sites (N-methyl/N-ethyl adjacent to an activating group) is 1. The Balaban J connectivity index is 1.91. The first-order valence-corrected chi connectivity index (χ1v) is 9.73. The molecule has 1 aliphatic rings. The van der Waals surface area contributed by atoms with Gasteiger partial charge in [0.25, 0.3) is 5.91 Å². The van der Waals surface area contributed by atoms with Gasteiger partial charge in [0.05, 0.1) is 12.1 Å². The molecule has 2 N–H and O–H groups in total. The van der Waals surface area contributed by atoms with Crippen LogP contribution in [-0.2, 0) is 17.6 Å². The van der Waals surface area contributed by atoms with Gasteiger partial charge in [-0.05, 0) is 63.9 Å². The van der Waals surface area contributed by atoms with Gasteiger partial charge in [-0.2, -0.15) is 0 Å².